The predicted molar refractivity (Wildman–Crippen MR) is 66.6 cm³/mol. The van der Waals surface area contributed by atoms with E-state index < -0.39 is 5.95 Å². The molecule has 1 unspecified atom stereocenters. The minimum atomic E-state index is -0.626. The Morgan fingerprint density at radius 1 is 1.71 bits per heavy atom. The van der Waals surface area contributed by atoms with Gasteiger partial charge in [0.2, 0.25) is 5.95 Å². The first-order valence-corrected chi connectivity index (χ1v) is 6.61. The minimum Gasteiger partial charge on any atom is -0.351 e. The number of nitrogens with zero attached hydrogens (tertiary/aromatic N) is 1. The van der Waals surface area contributed by atoms with Crippen molar-refractivity contribution in [3.63, 3.8) is 0 Å². The van der Waals surface area contributed by atoms with Crippen molar-refractivity contribution in [2.75, 3.05) is 12.3 Å². The smallest absolute Gasteiger partial charge is 0.251 e. The van der Waals surface area contributed by atoms with Gasteiger partial charge in [-0.3, -0.25) is 4.79 Å². The van der Waals surface area contributed by atoms with Gasteiger partial charge in [-0.15, -0.1) is 0 Å². The highest BCUT2D eigenvalue weighted by molar-refractivity contribution is 8.00. The summed E-state index contributed by atoms with van der Waals surface area (Å²) in [7, 11) is 0. The molecule has 1 fully saturated rings. The van der Waals surface area contributed by atoms with Gasteiger partial charge in [-0.2, -0.15) is 16.2 Å². The maximum atomic E-state index is 12.8. The molecule has 5 heteroatoms. The Kier molecular flexibility index (Phi) is 3.66. The Labute approximate surface area is 104 Å². The lowest BCUT2D eigenvalue weighted by Gasteiger charge is -2.22. The highest BCUT2D eigenvalue weighted by Crippen LogP contribution is 2.36. The number of amides is 1. The van der Waals surface area contributed by atoms with Gasteiger partial charge in [-0.05, 0) is 31.6 Å². The number of pyridine rings is 1. The van der Waals surface area contributed by atoms with E-state index in [1.165, 1.54) is 18.7 Å². The van der Waals surface area contributed by atoms with Crippen LogP contribution in [0.15, 0.2) is 18.3 Å². The number of hydrogen-bond acceptors (Lipinski definition) is 3. The van der Waals surface area contributed by atoms with Crippen LogP contribution >= 0.6 is 11.8 Å². The fourth-order valence-electron chi connectivity index (χ4n) is 1.89. The molecule has 2 rings (SSSR count). The Bertz CT molecular complexity index is 419. The van der Waals surface area contributed by atoms with Crippen molar-refractivity contribution in [3.05, 3.63) is 29.8 Å². The van der Waals surface area contributed by atoms with Gasteiger partial charge in [0.25, 0.3) is 5.91 Å². The van der Waals surface area contributed by atoms with E-state index >= 15 is 0 Å². The van der Waals surface area contributed by atoms with Crippen LogP contribution in [0.1, 0.15) is 30.1 Å². The second kappa shape index (κ2) is 5.04. The first-order valence-electron chi connectivity index (χ1n) is 5.63. The maximum Gasteiger partial charge on any atom is 0.251 e. The van der Waals surface area contributed by atoms with Crippen LogP contribution in [0.3, 0.4) is 0 Å². The molecule has 17 heavy (non-hydrogen) atoms. The second-order valence-electron chi connectivity index (χ2n) is 4.45. The molecule has 1 aliphatic rings. The zero-order valence-electron chi connectivity index (χ0n) is 9.70. The third-order valence-electron chi connectivity index (χ3n) is 2.91. The number of aromatic nitrogens is 1. The Balaban J connectivity index is 1.93. The molecule has 1 aromatic heterocycles. The number of hydrogen-bond donors (Lipinski definition) is 1. The van der Waals surface area contributed by atoms with Gasteiger partial charge in [0.15, 0.2) is 0 Å². The number of nitrogens with one attached hydrogen (secondary N) is 1. The topological polar surface area (TPSA) is 42.0 Å². The van der Waals surface area contributed by atoms with Gasteiger partial charge < -0.3 is 5.32 Å². The molecule has 1 aromatic rings. The van der Waals surface area contributed by atoms with Crippen molar-refractivity contribution >= 4 is 17.7 Å². The third-order valence-corrected chi connectivity index (χ3v) is 4.45. The van der Waals surface area contributed by atoms with E-state index in [1.54, 1.807) is 0 Å². The van der Waals surface area contributed by atoms with Gasteiger partial charge in [0.1, 0.15) is 0 Å². The summed E-state index contributed by atoms with van der Waals surface area (Å²) < 4.78 is 13.0. The van der Waals surface area contributed by atoms with Gasteiger partial charge in [-0.25, -0.2) is 4.98 Å². The van der Waals surface area contributed by atoms with Crippen molar-refractivity contribution < 1.29 is 9.18 Å². The van der Waals surface area contributed by atoms with Crippen molar-refractivity contribution in [1.29, 1.82) is 0 Å². The SMILES string of the molecule is CC1(CNC(=O)c2ccnc(F)c2)CCCS1. The highest BCUT2D eigenvalue weighted by atomic mass is 32.2. The van der Waals surface area contributed by atoms with Crippen LogP contribution in [-0.2, 0) is 0 Å². The van der Waals surface area contributed by atoms with Crippen molar-refractivity contribution in [3.8, 4) is 0 Å². The summed E-state index contributed by atoms with van der Waals surface area (Å²) in [4.78, 5) is 15.2. The number of halogens is 1. The lowest BCUT2D eigenvalue weighted by molar-refractivity contribution is 0.0949. The molecule has 0 radical (unpaired) electrons. The summed E-state index contributed by atoms with van der Waals surface area (Å²) in [5, 5.41) is 2.85. The standard InChI is InChI=1S/C12H15FN2OS/c1-12(4-2-6-17-12)8-15-11(16)9-3-5-14-10(13)7-9/h3,5,7H,2,4,6,8H2,1H3,(H,15,16). The second-order valence-corrected chi connectivity index (χ2v) is 6.13. The molecule has 92 valence electrons. The molecule has 0 spiro atoms. The van der Waals surface area contributed by atoms with Gasteiger partial charge in [-0.1, -0.05) is 0 Å². The fraction of sp³-hybridized carbons (Fsp3) is 0.500. The van der Waals surface area contributed by atoms with E-state index in [-0.39, 0.29) is 10.7 Å². The number of thioether (sulfide) groups is 1. The Morgan fingerprint density at radius 3 is 3.18 bits per heavy atom. The molecule has 1 N–H and O–H groups in total. The molecule has 1 saturated heterocycles. The molecule has 1 aliphatic heterocycles. The van der Waals surface area contributed by atoms with Gasteiger partial charge in [0.05, 0.1) is 0 Å². The van der Waals surface area contributed by atoms with Crippen molar-refractivity contribution in [1.82, 2.24) is 10.3 Å². The molecule has 0 saturated carbocycles. The van der Waals surface area contributed by atoms with Crippen LogP contribution in [0.5, 0.6) is 0 Å². The monoisotopic (exact) mass is 254 g/mol. The van der Waals surface area contributed by atoms with E-state index in [0.717, 1.165) is 18.2 Å². The van der Waals surface area contributed by atoms with Crippen LogP contribution in [-0.4, -0.2) is 27.9 Å². The molecular formula is C12H15FN2OS. The number of rotatable bonds is 3. The van der Waals surface area contributed by atoms with E-state index in [4.69, 9.17) is 0 Å². The number of carbonyl (C=O) groups is 1. The maximum absolute atomic E-state index is 12.8. The molecule has 0 aliphatic carbocycles. The van der Waals surface area contributed by atoms with E-state index in [2.05, 4.69) is 17.2 Å². The van der Waals surface area contributed by atoms with Crippen LogP contribution in [0.2, 0.25) is 0 Å². The average molecular weight is 254 g/mol. The summed E-state index contributed by atoms with van der Waals surface area (Å²) in [6.07, 6.45) is 3.61. The van der Waals surface area contributed by atoms with Gasteiger partial charge >= 0.3 is 0 Å². The third kappa shape index (κ3) is 3.19. The zero-order chi connectivity index (χ0) is 12.3. The van der Waals surface area contributed by atoms with Crippen molar-refractivity contribution in [2.24, 2.45) is 0 Å². The van der Waals surface area contributed by atoms with Crippen LogP contribution < -0.4 is 5.32 Å². The quantitative estimate of drug-likeness (QED) is 0.841. The summed E-state index contributed by atoms with van der Waals surface area (Å²) in [6, 6.07) is 2.67. The van der Waals surface area contributed by atoms with Crippen LogP contribution in [0, 0.1) is 5.95 Å². The van der Waals surface area contributed by atoms with E-state index in [1.807, 2.05) is 11.8 Å². The molecule has 1 amide bonds. The summed E-state index contributed by atoms with van der Waals surface area (Å²) in [5.41, 5.74) is 0.323. The number of carbonyl (C=O) groups excluding carboxylic acids is 1. The molecule has 2 heterocycles. The largest absolute Gasteiger partial charge is 0.351 e. The molecule has 0 bridgehead atoms. The normalized spacial score (nSPS) is 23.6. The fourth-order valence-corrected chi connectivity index (χ4v) is 3.13. The Hall–Kier alpha value is -1.10. The first-order chi connectivity index (χ1) is 8.09. The summed E-state index contributed by atoms with van der Waals surface area (Å²) in [5.74, 6) is 0.287. The lowest BCUT2D eigenvalue weighted by Crippen LogP contribution is -2.36. The molecule has 0 aromatic carbocycles. The summed E-state index contributed by atoms with van der Waals surface area (Å²) in [6.45, 7) is 2.78. The lowest BCUT2D eigenvalue weighted by atomic mass is 10.1. The molecule has 1 atom stereocenters. The minimum absolute atomic E-state index is 0.126. The first kappa shape index (κ1) is 12.4. The average Bonchev–Trinajstić information content (AvgIpc) is 2.74. The van der Waals surface area contributed by atoms with Gasteiger partial charge in [0, 0.05) is 29.1 Å². The van der Waals surface area contributed by atoms with E-state index in [9.17, 15) is 9.18 Å². The Morgan fingerprint density at radius 2 is 2.53 bits per heavy atom. The van der Waals surface area contributed by atoms with Crippen LogP contribution in [0.4, 0.5) is 4.39 Å². The molecule has 3 nitrogen and oxygen atoms in total. The van der Waals surface area contributed by atoms with Crippen LogP contribution in [0.25, 0.3) is 0 Å². The van der Waals surface area contributed by atoms with E-state index in [0.29, 0.717) is 12.1 Å². The van der Waals surface area contributed by atoms with Crippen molar-refractivity contribution in [2.45, 2.75) is 24.5 Å². The highest BCUT2D eigenvalue weighted by Gasteiger charge is 2.29. The zero-order valence-corrected chi connectivity index (χ0v) is 10.5. The summed E-state index contributed by atoms with van der Waals surface area (Å²) >= 11 is 1.88. The predicted octanol–water partition coefficient (Wildman–Crippen LogP) is 2.24. The molecular weight excluding hydrogens is 239 g/mol.